The highest BCUT2D eigenvalue weighted by Crippen LogP contribution is 2.33. The Hall–Kier alpha value is -0.800. The van der Waals surface area contributed by atoms with E-state index in [9.17, 15) is 10.1 Å². The number of nitrogens with zero attached hydrogens (tertiary/aromatic N) is 1. The van der Waals surface area contributed by atoms with Gasteiger partial charge >= 0.3 is 0 Å². The molecule has 1 saturated carbocycles. The van der Waals surface area contributed by atoms with Gasteiger partial charge in [-0.15, -0.1) is 0 Å². The maximum atomic E-state index is 12.5. The van der Waals surface area contributed by atoms with Gasteiger partial charge in [0.2, 0.25) is 0 Å². The standard InChI is InChI=1S/C16H18ClIN2O/c1-2-11-5-7-16(10-19,8-6-11)20-15(21)13-9-12(17)3-4-14(13)18/h3-4,9,11H,2,5-8H2,1H3,(H,20,21). The van der Waals surface area contributed by atoms with Gasteiger partial charge < -0.3 is 5.32 Å². The van der Waals surface area contributed by atoms with Crippen LogP contribution >= 0.6 is 34.2 Å². The van der Waals surface area contributed by atoms with Crippen LogP contribution in [-0.4, -0.2) is 11.4 Å². The highest BCUT2D eigenvalue weighted by molar-refractivity contribution is 14.1. The first-order chi connectivity index (χ1) is 9.99. The summed E-state index contributed by atoms with van der Waals surface area (Å²) in [6, 6.07) is 7.55. The number of hydrogen-bond donors (Lipinski definition) is 1. The number of nitriles is 1. The van der Waals surface area contributed by atoms with Crippen LogP contribution in [0.1, 0.15) is 49.4 Å². The van der Waals surface area contributed by atoms with Crippen LogP contribution in [0, 0.1) is 20.8 Å². The largest absolute Gasteiger partial charge is 0.334 e. The van der Waals surface area contributed by atoms with Crippen molar-refractivity contribution in [3.63, 3.8) is 0 Å². The number of rotatable bonds is 3. The second kappa shape index (κ2) is 6.97. The van der Waals surface area contributed by atoms with Gasteiger partial charge in [0.05, 0.1) is 11.6 Å². The molecule has 1 aromatic carbocycles. The van der Waals surface area contributed by atoms with E-state index in [0.717, 1.165) is 35.7 Å². The molecule has 0 radical (unpaired) electrons. The molecule has 0 saturated heterocycles. The lowest BCUT2D eigenvalue weighted by Crippen LogP contribution is -2.49. The Morgan fingerprint density at radius 3 is 2.76 bits per heavy atom. The summed E-state index contributed by atoms with van der Waals surface area (Å²) >= 11 is 8.07. The SMILES string of the molecule is CCC1CCC(C#N)(NC(=O)c2cc(Cl)ccc2I)CC1. The Bertz CT molecular complexity index is 574. The Kier molecular flexibility index (Phi) is 5.50. The predicted molar refractivity (Wildman–Crippen MR) is 92.2 cm³/mol. The van der Waals surface area contributed by atoms with Crippen LogP contribution in [0.5, 0.6) is 0 Å². The fourth-order valence-corrected chi connectivity index (χ4v) is 3.55. The summed E-state index contributed by atoms with van der Waals surface area (Å²) in [6.07, 6.45) is 4.59. The first kappa shape index (κ1) is 16.6. The molecular weight excluding hydrogens is 399 g/mol. The van der Waals surface area contributed by atoms with E-state index in [2.05, 4.69) is 40.9 Å². The first-order valence-electron chi connectivity index (χ1n) is 7.18. The van der Waals surface area contributed by atoms with Gasteiger partial charge in [-0.2, -0.15) is 5.26 Å². The number of carbonyl (C=O) groups excluding carboxylic acids is 1. The summed E-state index contributed by atoms with van der Waals surface area (Å²) in [7, 11) is 0. The molecule has 1 aromatic rings. The van der Waals surface area contributed by atoms with E-state index in [-0.39, 0.29) is 5.91 Å². The molecule has 0 aliphatic heterocycles. The van der Waals surface area contributed by atoms with Gasteiger partial charge in [0, 0.05) is 8.59 Å². The van der Waals surface area contributed by atoms with Crippen molar-refractivity contribution in [2.75, 3.05) is 0 Å². The molecule has 5 heteroatoms. The van der Waals surface area contributed by atoms with Crippen molar-refractivity contribution in [2.45, 2.75) is 44.6 Å². The minimum absolute atomic E-state index is 0.210. The average Bonchev–Trinajstić information content (AvgIpc) is 2.50. The lowest BCUT2D eigenvalue weighted by molar-refractivity contribution is 0.0890. The second-order valence-corrected chi connectivity index (χ2v) is 7.22. The van der Waals surface area contributed by atoms with Crippen molar-refractivity contribution < 1.29 is 4.79 Å². The summed E-state index contributed by atoms with van der Waals surface area (Å²) < 4.78 is 0.838. The monoisotopic (exact) mass is 416 g/mol. The lowest BCUT2D eigenvalue weighted by Gasteiger charge is -2.35. The molecule has 0 aromatic heterocycles. The molecule has 0 atom stereocenters. The lowest BCUT2D eigenvalue weighted by atomic mass is 9.76. The number of hydrogen-bond acceptors (Lipinski definition) is 2. The molecular formula is C16H18ClIN2O. The molecule has 112 valence electrons. The smallest absolute Gasteiger partial charge is 0.253 e. The zero-order valence-electron chi connectivity index (χ0n) is 12.0. The van der Waals surface area contributed by atoms with Crippen LogP contribution in [0.3, 0.4) is 0 Å². The van der Waals surface area contributed by atoms with Gasteiger partial charge in [-0.1, -0.05) is 24.9 Å². The van der Waals surface area contributed by atoms with E-state index < -0.39 is 5.54 Å². The molecule has 0 heterocycles. The molecule has 1 aliphatic rings. The molecule has 0 bridgehead atoms. The predicted octanol–water partition coefficient (Wildman–Crippen LogP) is 4.54. The zero-order chi connectivity index (χ0) is 15.5. The van der Waals surface area contributed by atoms with Crippen molar-refractivity contribution in [3.8, 4) is 6.07 Å². The van der Waals surface area contributed by atoms with E-state index in [1.54, 1.807) is 12.1 Å². The molecule has 0 spiro atoms. The minimum Gasteiger partial charge on any atom is -0.334 e. The normalized spacial score (nSPS) is 25.1. The highest BCUT2D eigenvalue weighted by atomic mass is 127. The molecule has 0 unspecified atom stereocenters. The zero-order valence-corrected chi connectivity index (χ0v) is 14.9. The van der Waals surface area contributed by atoms with Crippen LogP contribution in [0.2, 0.25) is 5.02 Å². The third-order valence-electron chi connectivity index (χ3n) is 4.28. The molecule has 1 amide bonds. The fourth-order valence-electron chi connectivity index (χ4n) is 2.80. The van der Waals surface area contributed by atoms with Crippen LogP contribution in [0.15, 0.2) is 18.2 Å². The van der Waals surface area contributed by atoms with Crippen LogP contribution in [0.4, 0.5) is 0 Å². The first-order valence-corrected chi connectivity index (χ1v) is 8.64. The molecule has 3 nitrogen and oxygen atoms in total. The Balaban J connectivity index is 2.14. The van der Waals surface area contributed by atoms with Crippen molar-refractivity contribution in [3.05, 3.63) is 32.4 Å². The van der Waals surface area contributed by atoms with Crippen LogP contribution in [-0.2, 0) is 0 Å². The summed E-state index contributed by atoms with van der Waals surface area (Å²) in [6.45, 7) is 2.18. The third-order valence-corrected chi connectivity index (χ3v) is 5.45. The van der Waals surface area contributed by atoms with E-state index in [0.29, 0.717) is 16.5 Å². The van der Waals surface area contributed by atoms with Crippen molar-refractivity contribution in [2.24, 2.45) is 5.92 Å². The van der Waals surface area contributed by atoms with Gasteiger partial charge in [-0.05, 0) is 72.4 Å². The minimum atomic E-state index is -0.728. The van der Waals surface area contributed by atoms with E-state index in [1.165, 1.54) is 0 Å². The second-order valence-electron chi connectivity index (χ2n) is 5.62. The molecule has 2 rings (SSSR count). The molecule has 1 aliphatic carbocycles. The number of benzene rings is 1. The topological polar surface area (TPSA) is 52.9 Å². The van der Waals surface area contributed by atoms with E-state index in [4.69, 9.17) is 11.6 Å². The number of nitrogens with one attached hydrogen (secondary N) is 1. The van der Waals surface area contributed by atoms with Crippen molar-refractivity contribution in [1.29, 1.82) is 5.26 Å². The summed E-state index contributed by atoms with van der Waals surface area (Å²) in [5, 5.41) is 13.0. The van der Waals surface area contributed by atoms with Gasteiger partial charge in [0.25, 0.3) is 5.91 Å². The van der Waals surface area contributed by atoms with Crippen LogP contribution in [0.25, 0.3) is 0 Å². The maximum Gasteiger partial charge on any atom is 0.253 e. The Morgan fingerprint density at radius 2 is 2.19 bits per heavy atom. The average molecular weight is 417 g/mol. The molecule has 21 heavy (non-hydrogen) atoms. The highest BCUT2D eigenvalue weighted by Gasteiger charge is 2.36. The fraction of sp³-hybridized carbons (Fsp3) is 0.500. The van der Waals surface area contributed by atoms with Crippen LogP contribution < -0.4 is 5.32 Å². The molecule has 1 N–H and O–H groups in total. The Labute approximate surface area is 144 Å². The molecule has 1 fully saturated rings. The van der Waals surface area contributed by atoms with Gasteiger partial charge in [0.1, 0.15) is 5.54 Å². The maximum absolute atomic E-state index is 12.5. The van der Waals surface area contributed by atoms with E-state index >= 15 is 0 Å². The number of amides is 1. The van der Waals surface area contributed by atoms with Gasteiger partial charge in [-0.25, -0.2) is 0 Å². The summed E-state index contributed by atoms with van der Waals surface area (Å²) in [5.41, 5.74) is -0.191. The number of carbonyl (C=O) groups is 1. The van der Waals surface area contributed by atoms with Crippen molar-refractivity contribution >= 4 is 40.1 Å². The van der Waals surface area contributed by atoms with E-state index in [1.807, 2.05) is 6.07 Å². The van der Waals surface area contributed by atoms with Gasteiger partial charge in [-0.3, -0.25) is 4.79 Å². The third kappa shape index (κ3) is 3.89. The Morgan fingerprint density at radius 1 is 1.52 bits per heavy atom. The van der Waals surface area contributed by atoms with Crippen molar-refractivity contribution in [1.82, 2.24) is 5.32 Å². The van der Waals surface area contributed by atoms with Gasteiger partial charge in [0.15, 0.2) is 0 Å². The summed E-state index contributed by atoms with van der Waals surface area (Å²) in [5.74, 6) is 0.466. The number of halogens is 2. The quantitative estimate of drug-likeness (QED) is 0.736. The summed E-state index contributed by atoms with van der Waals surface area (Å²) in [4.78, 5) is 12.5.